The van der Waals surface area contributed by atoms with Gasteiger partial charge in [-0.25, -0.2) is 13.1 Å². The fraction of sp³-hybridized carbons (Fsp3) is 0.462. The van der Waals surface area contributed by atoms with Crippen LogP contribution in [-0.4, -0.2) is 34.0 Å². The SMILES string of the molecule is CCNS(=O)(=O)c1ccc(OCCNC(C)=O)c(C)c1. The van der Waals surface area contributed by atoms with Gasteiger partial charge in [-0.2, -0.15) is 0 Å². The Morgan fingerprint density at radius 3 is 2.60 bits per heavy atom. The molecule has 6 nitrogen and oxygen atoms in total. The van der Waals surface area contributed by atoms with Crippen molar-refractivity contribution in [3.05, 3.63) is 23.8 Å². The van der Waals surface area contributed by atoms with Crippen LogP contribution in [0.15, 0.2) is 23.1 Å². The van der Waals surface area contributed by atoms with Gasteiger partial charge in [0.05, 0.1) is 11.4 Å². The van der Waals surface area contributed by atoms with Gasteiger partial charge in [0.1, 0.15) is 12.4 Å². The summed E-state index contributed by atoms with van der Waals surface area (Å²) in [5.41, 5.74) is 0.729. The maximum atomic E-state index is 11.8. The lowest BCUT2D eigenvalue weighted by Crippen LogP contribution is -2.25. The molecule has 0 aliphatic rings. The maximum Gasteiger partial charge on any atom is 0.240 e. The van der Waals surface area contributed by atoms with Gasteiger partial charge in [-0.15, -0.1) is 0 Å². The second-order valence-corrected chi connectivity index (χ2v) is 6.03. The van der Waals surface area contributed by atoms with Gasteiger partial charge in [-0.05, 0) is 30.7 Å². The van der Waals surface area contributed by atoms with Crippen LogP contribution in [0.4, 0.5) is 0 Å². The minimum atomic E-state index is -3.45. The Bertz CT molecular complexity index is 570. The minimum absolute atomic E-state index is 0.114. The van der Waals surface area contributed by atoms with E-state index >= 15 is 0 Å². The van der Waals surface area contributed by atoms with E-state index < -0.39 is 10.0 Å². The van der Waals surface area contributed by atoms with Crippen LogP contribution in [-0.2, 0) is 14.8 Å². The number of sulfonamides is 1. The number of hydrogen-bond acceptors (Lipinski definition) is 4. The van der Waals surface area contributed by atoms with E-state index in [1.165, 1.54) is 13.0 Å². The van der Waals surface area contributed by atoms with Crippen molar-refractivity contribution in [3.8, 4) is 5.75 Å². The Kier molecular flexibility index (Phi) is 5.97. The predicted molar refractivity (Wildman–Crippen MR) is 76.2 cm³/mol. The highest BCUT2D eigenvalue weighted by Gasteiger charge is 2.13. The molecular weight excluding hydrogens is 280 g/mol. The first-order chi connectivity index (χ1) is 9.36. The Morgan fingerprint density at radius 2 is 2.05 bits per heavy atom. The van der Waals surface area contributed by atoms with E-state index in [4.69, 9.17) is 4.74 Å². The van der Waals surface area contributed by atoms with Crippen molar-refractivity contribution in [1.29, 1.82) is 0 Å². The van der Waals surface area contributed by atoms with Crippen LogP contribution in [0, 0.1) is 6.92 Å². The van der Waals surface area contributed by atoms with Crippen LogP contribution in [0.2, 0.25) is 0 Å². The Labute approximate surface area is 119 Å². The number of rotatable bonds is 7. The summed E-state index contributed by atoms with van der Waals surface area (Å²) in [5, 5.41) is 2.62. The summed E-state index contributed by atoms with van der Waals surface area (Å²) in [7, 11) is -3.45. The zero-order valence-electron chi connectivity index (χ0n) is 11.9. The normalized spacial score (nSPS) is 11.2. The molecule has 0 heterocycles. The summed E-state index contributed by atoms with van der Waals surface area (Å²) < 4.78 is 31.6. The second-order valence-electron chi connectivity index (χ2n) is 4.26. The zero-order valence-corrected chi connectivity index (χ0v) is 12.7. The molecule has 20 heavy (non-hydrogen) atoms. The molecule has 1 aromatic rings. The summed E-state index contributed by atoms with van der Waals surface area (Å²) in [6, 6.07) is 4.68. The Hall–Kier alpha value is -1.60. The number of aryl methyl sites for hydroxylation is 1. The number of nitrogens with one attached hydrogen (secondary N) is 2. The first-order valence-corrected chi connectivity index (χ1v) is 7.82. The fourth-order valence-electron chi connectivity index (χ4n) is 1.61. The molecule has 0 spiro atoms. The molecule has 112 valence electrons. The lowest BCUT2D eigenvalue weighted by atomic mass is 10.2. The van der Waals surface area contributed by atoms with Crippen molar-refractivity contribution in [2.75, 3.05) is 19.7 Å². The Morgan fingerprint density at radius 1 is 1.35 bits per heavy atom. The molecule has 7 heteroatoms. The summed E-state index contributed by atoms with van der Waals surface area (Å²) in [6.07, 6.45) is 0. The zero-order chi connectivity index (χ0) is 15.2. The van der Waals surface area contributed by atoms with E-state index in [1.807, 2.05) is 0 Å². The molecule has 1 amide bonds. The average molecular weight is 300 g/mol. The molecule has 1 aromatic carbocycles. The van der Waals surface area contributed by atoms with Gasteiger partial charge in [-0.1, -0.05) is 6.92 Å². The first-order valence-electron chi connectivity index (χ1n) is 6.34. The molecule has 0 saturated carbocycles. The van der Waals surface area contributed by atoms with Crippen molar-refractivity contribution < 1.29 is 17.9 Å². The van der Waals surface area contributed by atoms with Gasteiger partial charge in [0.15, 0.2) is 0 Å². The van der Waals surface area contributed by atoms with Gasteiger partial charge in [0.25, 0.3) is 0 Å². The molecule has 0 saturated heterocycles. The maximum absolute atomic E-state index is 11.8. The molecule has 0 aromatic heterocycles. The molecule has 0 aliphatic carbocycles. The van der Waals surface area contributed by atoms with Gasteiger partial charge < -0.3 is 10.1 Å². The summed E-state index contributed by atoms with van der Waals surface area (Å²) >= 11 is 0. The van der Waals surface area contributed by atoms with Gasteiger partial charge in [-0.3, -0.25) is 4.79 Å². The van der Waals surface area contributed by atoms with Crippen LogP contribution >= 0.6 is 0 Å². The largest absolute Gasteiger partial charge is 0.491 e. The number of benzene rings is 1. The third-order valence-corrected chi connectivity index (χ3v) is 4.07. The van der Waals surface area contributed by atoms with E-state index in [9.17, 15) is 13.2 Å². The van der Waals surface area contributed by atoms with Crippen LogP contribution in [0.5, 0.6) is 5.75 Å². The lowest BCUT2D eigenvalue weighted by molar-refractivity contribution is -0.119. The van der Waals surface area contributed by atoms with Crippen LogP contribution in [0.3, 0.4) is 0 Å². The van der Waals surface area contributed by atoms with Crippen molar-refractivity contribution in [2.45, 2.75) is 25.7 Å². The Balaban J connectivity index is 2.71. The van der Waals surface area contributed by atoms with Crippen molar-refractivity contribution >= 4 is 15.9 Å². The molecule has 0 radical (unpaired) electrons. The molecule has 0 fully saturated rings. The first kappa shape index (κ1) is 16.5. The number of carbonyl (C=O) groups excluding carboxylic acids is 1. The predicted octanol–water partition coefficient (Wildman–Crippen LogP) is 0.808. The number of hydrogen-bond donors (Lipinski definition) is 2. The number of amides is 1. The monoisotopic (exact) mass is 300 g/mol. The highest BCUT2D eigenvalue weighted by molar-refractivity contribution is 7.89. The highest BCUT2D eigenvalue weighted by Crippen LogP contribution is 2.21. The quantitative estimate of drug-likeness (QED) is 0.730. The van der Waals surface area contributed by atoms with E-state index in [2.05, 4.69) is 10.0 Å². The van der Waals surface area contributed by atoms with E-state index in [1.54, 1.807) is 26.0 Å². The number of ether oxygens (including phenoxy) is 1. The summed E-state index contributed by atoms with van der Waals surface area (Å²) in [4.78, 5) is 10.9. The lowest BCUT2D eigenvalue weighted by Gasteiger charge is -2.11. The van der Waals surface area contributed by atoms with Crippen LogP contribution in [0.1, 0.15) is 19.4 Å². The average Bonchev–Trinajstić information content (AvgIpc) is 2.35. The molecule has 1 rings (SSSR count). The van der Waals surface area contributed by atoms with E-state index in [0.29, 0.717) is 25.4 Å². The third kappa shape index (κ3) is 4.82. The van der Waals surface area contributed by atoms with E-state index in [-0.39, 0.29) is 10.8 Å². The minimum Gasteiger partial charge on any atom is -0.491 e. The highest BCUT2D eigenvalue weighted by atomic mass is 32.2. The fourth-order valence-corrected chi connectivity index (χ4v) is 2.74. The van der Waals surface area contributed by atoms with Crippen molar-refractivity contribution in [2.24, 2.45) is 0 Å². The van der Waals surface area contributed by atoms with Crippen LogP contribution in [0.25, 0.3) is 0 Å². The smallest absolute Gasteiger partial charge is 0.240 e. The molecule has 0 bridgehead atoms. The molecule has 0 atom stereocenters. The van der Waals surface area contributed by atoms with Gasteiger partial charge >= 0.3 is 0 Å². The van der Waals surface area contributed by atoms with Gasteiger partial charge in [0, 0.05) is 13.5 Å². The summed E-state index contributed by atoms with van der Waals surface area (Å²) in [5.74, 6) is 0.489. The summed E-state index contributed by atoms with van der Waals surface area (Å²) in [6.45, 7) is 6.02. The van der Waals surface area contributed by atoms with E-state index in [0.717, 1.165) is 5.56 Å². The molecule has 0 aliphatic heterocycles. The molecular formula is C13H20N2O4S. The molecule has 0 unspecified atom stereocenters. The third-order valence-electron chi connectivity index (χ3n) is 2.52. The second kappa shape index (κ2) is 7.25. The van der Waals surface area contributed by atoms with Crippen molar-refractivity contribution in [3.63, 3.8) is 0 Å². The standard InChI is InChI=1S/C13H20N2O4S/c1-4-15-20(17,18)12-5-6-13(10(2)9-12)19-8-7-14-11(3)16/h5-6,9,15H,4,7-8H2,1-3H3,(H,14,16). The topological polar surface area (TPSA) is 84.5 Å². The van der Waals surface area contributed by atoms with Crippen molar-refractivity contribution in [1.82, 2.24) is 10.0 Å². The molecule has 2 N–H and O–H groups in total. The number of carbonyl (C=O) groups is 1. The van der Waals surface area contributed by atoms with Crippen LogP contribution < -0.4 is 14.8 Å². The van der Waals surface area contributed by atoms with Gasteiger partial charge in [0.2, 0.25) is 15.9 Å².